The molecule has 0 fully saturated rings. The van der Waals surface area contributed by atoms with Crippen LogP contribution in [0.4, 0.5) is 25.2 Å². The van der Waals surface area contributed by atoms with Crippen LogP contribution in [0.2, 0.25) is 0 Å². The van der Waals surface area contributed by atoms with Crippen LogP contribution in [0.25, 0.3) is 6.08 Å². The molecule has 136 valence electrons. The van der Waals surface area contributed by atoms with Gasteiger partial charge in [-0.05, 0) is 24.3 Å². The molecule has 0 saturated carbocycles. The Morgan fingerprint density at radius 1 is 1.21 bits per heavy atom. The zero-order valence-electron chi connectivity index (χ0n) is 13.1. The summed E-state index contributed by atoms with van der Waals surface area (Å²) in [5, 5.41) is 10.7. The topological polar surface area (TPSA) is 56.5 Å². The third kappa shape index (κ3) is 14.8. The number of likely N-dealkylation sites (N-methyl/N-ethyl adjacent to an activating group) is 1. The molecule has 0 bridgehead atoms. The van der Waals surface area contributed by atoms with E-state index in [1.807, 2.05) is 67.9 Å². The number of nitrogens with two attached hydrogens (primary N) is 1. The fourth-order valence-electron chi connectivity index (χ4n) is 1.30. The van der Waals surface area contributed by atoms with Gasteiger partial charge in [0.05, 0.1) is 18.4 Å². The predicted octanol–water partition coefficient (Wildman–Crippen LogP) is 3.95. The molecule has 11 heteroatoms. The van der Waals surface area contributed by atoms with Gasteiger partial charge in [0.25, 0.3) is 0 Å². The summed E-state index contributed by atoms with van der Waals surface area (Å²) in [6, 6.07) is 7.43. The van der Waals surface area contributed by atoms with Crippen molar-refractivity contribution in [3.8, 4) is 6.07 Å². The second kappa shape index (κ2) is 7.20. The molecule has 0 aromatic carbocycles. The van der Waals surface area contributed by atoms with Gasteiger partial charge in [-0.2, -0.15) is 5.26 Å². The van der Waals surface area contributed by atoms with Crippen LogP contribution in [-0.4, -0.2) is 31.0 Å². The van der Waals surface area contributed by atoms with Crippen molar-refractivity contribution in [3.05, 3.63) is 47.6 Å². The van der Waals surface area contributed by atoms with Gasteiger partial charge in [0.2, 0.25) is 0 Å². The van der Waals surface area contributed by atoms with Crippen molar-refractivity contribution in [2.24, 2.45) is 0 Å². The molecule has 1 rings (SSSR count). The van der Waals surface area contributed by atoms with Gasteiger partial charge in [-0.3, -0.25) is 0 Å². The van der Waals surface area contributed by atoms with Gasteiger partial charge in [-0.1, -0.05) is 6.07 Å². The van der Waals surface area contributed by atoms with E-state index in [0.717, 1.165) is 11.4 Å². The van der Waals surface area contributed by atoms with E-state index >= 15 is 0 Å². The van der Waals surface area contributed by atoms with Crippen molar-refractivity contribution in [1.29, 1.82) is 5.26 Å². The minimum atomic E-state index is -10.7. The van der Waals surface area contributed by atoms with E-state index in [9.17, 15) is 25.2 Å². The summed E-state index contributed by atoms with van der Waals surface area (Å²) in [6.07, 6.45) is 5.89. The first kappa shape index (κ1) is 21.9. The zero-order chi connectivity index (χ0) is 19.1. The summed E-state index contributed by atoms with van der Waals surface area (Å²) in [5.74, 6) is 0. The van der Waals surface area contributed by atoms with Crippen molar-refractivity contribution in [2.75, 3.05) is 21.1 Å². The molecule has 0 aliphatic carbocycles. The third-order valence-corrected chi connectivity index (χ3v) is 2.16. The van der Waals surface area contributed by atoms with E-state index in [2.05, 4.69) is 4.98 Å². The molecule has 0 amide bonds. The van der Waals surface area contributed by atoms with E-state index in [0.29, 0.717) is 5.69 Å². The zero-order valence-corrected chi connectivity index (χ0v) is 14.0. The van der Waals surface area contributed by atoms with E-state index in [1.165, 1.54) is 0 Å². The second-order valence-corrected chi connectivity index (χ2v) is 6.59. The molecule has 4 nitrogen and oxygen atoms in total. The molecule has 0 radical (unpaired) electrons. The van der Waals surface area contributed by atoms with Gasteiger partial charge in [0.1, 0.15) is 18.0 Å². The van der Waals surface area contributed by atoms with Crippen molar-refractivity contribution < 1.29 is 30.5 Å². The number of quaternary nitrogens is 1. The van der Waals surface area contributed by atoms with Crippen LogP contribution in [0.15, 0.2) is 36.2 Å². The van der Waals surface area contributed by atoms with Crippen LogP contribution in [0.3, 0.4) is 0 Å². The molecule has 2 N–H and O–H groups in total. The molecule has 1 heterocycles. The van der Waals surface area contributed by atoms with E-state index in [1.54, 1.807) is 6.07 Å². The molecule has 0 saturated heterocycles. The van der Waals surface area contributed by atoms with Crippen molar-refractivity contribution in [3.63, 3.8) is 0 Å². The van der Waals surface area contributed by atoms with E-state index < -0.39 is 7.81 Å². The first-order chi connectivity index (χ1) is 10.6. The van der Waals surface area contributed by atoms with Crippen molar-refractivity contribution in [1.82, 2.24) is 9.88 Å². The van der Waals surface area contributed by atoms with Crippen LogP contribution in [0.1, 0.15) is 11.4 Å². The number of nitrogens with zero attached hydrogens (tertiary/aromatic N) is 3. The number of allylic oxidation sites excluding steroid dienone is 1. The molecule has 1 aromatic heterocycles. The molecule has 0 aliphatic rings. The summed E-state index contributed by atoms with van der Waals surface area (Å²) < 4.78 is 59.2. The molecule has 0 spiro atoms. The average molecular weight is 374 g/mol. The molecule has 0 aliphatic heterocycles. The first-order valence-corrected chi connectivity index (χ1v) is 8.44. The summed E-state index contributed by atoms with van der Waals surface area (Å²) in [7, 11) is -4.71. The molecule has 0 unspecified atom stereocenters. The molecule has 0 atom stereocenters. The van der Waals surface area contributed by atoms with Gasteiger partial charge in [0, 0.05) is 14.1 Å². The van der Waals surface area contributed by atoms with Gasteiger partial charge >= 0.3 is 33.0 Å². The van der Waals surface area contributed by atoms with Gasteiger partial charge < -0.3 is 10.2 Å². The van der Waals surface area contributed by atoms with Crippen LogP contribution >= 0.6 is 7.81 Å². The fourth-order valence-corrected chi connectivity index (χ4v) is 1.30. The third-order valence-electron chi connectivity index (χ3n) is 2.16. The number of rotatable bonds is 4. The number of pyridine rings is 1. The van der Waals surface area contributed by atoms with Crippen molar-refractivity contribution in [2.45, 2.75) is 0 Å². The van der Waals surface area contributed by atoms with Crippen LogP contribution in [0, 0.1) is 11.3 Å². The second-order valence-electron chi connectivity index (χ2n) is 4.67. The first-order valence-electron chi connectivity index (χ1n) is 6.41. The Balaban J connectivity index is 0.000000640. The van der Waals surface area contributed by atoms with Gasteiger partial charge in [0.15, 0.2) is 0 Å². The number of aromatic nitrogens is 1. The fraction of sp³-hybridized carbons (Fsp3) is 0.231. The van der Waals surface area contributed by atoms with Gasteiger partial charge in [-0.25, -0.2) is 4.98 Å². The summed E-state index contributed by atoms with van der Waals surface area (Å²) in [5.41, 5.74) is 2.30. The summed E-state index contributed by atoms with van der Waals surface area (Å²) in [4.78, 5) is 6.20. The Labute approximate surface area is 135 Å². The van der Waals surface area contributed by atoms with Gasteiger partial charge in [-0.15, -0.1) is 0 Å². The minimum absolute atomic E-state index is 0.435. The van der Waals surface area contributed by atoms with Crippen LogP contribution < -0.4 is 5.32 Å². The normalized spacial score (nSPS) is 14.9. The molecule has 24 heavy (non-hydrogen) atoms. The Hall–Kier alpha value is -2.11. The Bertz CT molecular complexity index is 647. The number of hydrogen-bond donors (Lipinski definition) is 1. The molecular formula is C13H17F6N4P. The quantitative estimate of drug-likeness (QED) is 0.493. The maximum absolute atomic E-state index is 10.7. The van der Waals surface area contributed by atoms with Crippen LogP contribution in [0.5, 0.6) is 0 Å². The van der Waals surface area contributed by atoms with Crippen LogP contribution in [-0.2, 0) is 0 Å². The Morgan fingerprint density at radius 2 is 1.75 bits per heavy atom. The number of nitriles is 1. The van der Waals surface area contributed by atoms with Crippen molar-refractivity contribution >= 4 is 13.9 Å². The molecule has 1 aromatic rings. The summed E-state index contributed by atoms with van der Waals surface area (Å²) >= 11 is 0. The van der Waals surface area contributed by atoms with E-state index in [-0.39, 0.29) is 0 Å². The number of halogens is 6. The summed E-state index contributed by atoms with van der Waals surface area (Å²) in [6.45, 7) is 0. The number of hydrogen-bond acceptors (Lipinski definition) is 3. The standard InChI is InChI=1S/C13H16N4.F6P/c1-15-10-13(17(2)3)8-7-11-5-4-6-12(9-14)16-11;1-7(2,3,4,5)6/h4-8,10,15H,1-3H3;/q;-1/p+1/b8-7+,13-10+;. The van der Waals surface area contributed by atoms with E-state index in [4.69, 9.17) is 5.26 Å². The SMILES string of the molecule is C[NH2+]/C=C(\C=C\c1cccc(C#N)n1)N(C)C.F[P-](F)(F)(F)(F)F. The monoisotopic (exact) mass is 374 g/mol. The maximum atomic E-state index is 9.87. The Morgan fingerprint density at radius 3 is 2.17 bits per heavy atom. The average Bonchev–Trinajstić information content (AvgIpc) is 2.40. The molecular weight excluding hydrogens is 357 g/mol. The Kier molecular flexibility index (Phi) is 6.56. The predicted molar refractivity (Wildman–Crippen MR) is 81.2 cm³/mol.